The van der Waals surface area contributed by atoms with E-state index in [1.54, 1.807) is 0 Å². The quantitative estimate of drug-likeness (QED) is 0.474. The summed E-state index contributed by atoms with van der Waals surface area (Å²) >= 11 is 6.43. The molecule has 56 valence electrons. The van der Waals surface area contributed by atoms with Crippen molar-refractivity contribution in [2.75, 3.05) is 0 Å². The van der Waals surface area contributed by atoms with E-state index >= 15 is 0 Å². The second-order valence-corrected chi connectivity index (χ2v) is 5.23. The molecule has 0 aromatic carbocycles. The van der Waals surface area contributed by atoms with Crippen LogP contribution in [0.1, 0.15) is 32.1 Å². The summed E-state index contributed by atoms with van der Waals surface area (Å²) in [6.07, 6.45) is 7.07. The summed E-state index contributed by atoms with van der Waals surface area (Å²) in [6, 6.07) is 0. The van der Waals surface area contributed by atoms with Crippen LogP contribution in [0.15, 0.2) is 0 Å². The van der Waals surface area contributed by atoms with Crippen molar-refractivity contribution in [2.45, 2.75) is 37.0 Å². The summed E-state index contributed by atoms with van der Waals surface area (Å²) in [5, 5.41) is 0. The van der Waals surface area contributed by atoms with Crippen LogP contribution in [0.2, 0.25) is 0 Å². The molecular formula is C9H13Cl. The standard InChI is InChI=1S/C9H13Cl/c10-9-2-1-6-3-7(5-9)8(9)4-6/h6-8H,1-5H2. The van der Waals surface area contributed by atoms with E-state index in [0.717, 1.165) is 17.8 Å². The number of fused-ring (bicyclic) bond motifs is 1. The van der Waals surface area contributed by atoms with Gasteiger partial charge >= 0.3 is 0 Å². The SMILES string of the molecule is ClC12CCC3CC(C1)C2C3. The number of hydrogen-bond donors (Lipinski definition) is 0. The Kier molecular flexibility index (Phi) is 0.912. The Morgan fingerprint density at radius 2 is 2.20 bits per heavy atom. The molecule has 3 rings (SSSR count). The minimum atomic E-state index is 0.303. The van der Waals surface area contributed by atoms with E-state index in [-0.39, 0.29) is 0 Å². The number of alkyl halides is 1. The Morgan fingerprint density at radius 3 is 3.00 bits per heavy atom. The molecule has 0 nitrogen and oxygen atoms in total. The Bertz CT molecular complexity index is 174. The summed E-state index contributed by atoms with van der Waals surface area (Å²) in [4.78, 5) is 0.303. The summed E-state index contributed by atoms with van der Waals surface area (Å²) in [5.74, 6) is 3.06. The van der Waals surface area contributed by atoms with Crippen molar-refractivity contribution >= 4 is 11.6 Å². The maximum atomic E-state index is 6.43. The van der Waals surface area contributed by atoms with Crippen LogP contribution in [-0.4, -0.2) is 4.87 Å². The van der Waals surface area contributed by atoms with Crippen LogP contribution in [0.3, 0.4) is 0 Å². The Hall–Kier alpha value is 0.290. The molecule has 0 amide bonds. The van der Waals surface area contributed by atoms with Crippen molar-refractivity contribution in [3.8, 4) is 0 Å². The first-order chi connectivity index (χ1) is 4.78. The summed E-state index contributed by atoms with van der Waals surface area (Å²) < 4.78 is 0. The highest BCUT2D eigenvalue weighted by molar-refractivity contribution is 6.25. The number of hydrogen-bond acceptors (Lipinski definition) is 0. The fourth-order valence-corrected chi connectivity index (χ4v) is 4.07. The van der Waals surface area contributed by atoms with Crippen molar-refractivity contribution in [1.29, 1.82) is 0 Å². The second kappa shape index (κ2) is 1.55. The van der Waals surface area contributed by atoms with Gasteiger partial charge in [-0.1, -0.05) is 0 Å². The monoisotopic (exact) mass is 156 g/mol. The third-order valence-electron chi connectivity index (χ3n) is 4.03. The molecule has 0 aromatic rings. The van der Waals surface area contributed by atoms with Gasteiger partial charge in [-0.05, 0) is 49.9 Å². The molecule has 0 radical (unpaired) electrons. The first kappa shape index (κ1) is 5.88. The highest BCUT2D eigenvalue weighted by Gasteiger charge is 2.59. The molecule has 10 heavy (non-hydrogen) atoms. The predicted molar refractivity (Wildman–Crippen MR) is 42.1 cm³/mol. The van der Waals surface area contributed by atoms with E-state index < -0.39 is 0 Å². The van der Waals surface area contributed by atoms with E-state index in [1.165, 1.54) is 32.1 Å². The highest BCUT2D eigenvalue weighted by atomic mass is 35.5. The predicted octanol–water partition coefficient (Wildman–Crippen LogP) is 2.80. The molecule has 0 heterocycles. The van der Waals surface area contributed by atoms with Gasteiger partial charge < -0.3 is 0 Å². The average molecular weight is 157 g/mol. The van der Waals surface area contributed by atoms with Gasteiger partial charge in [0.05, 0.1) is 0 Å². The molecule has 4 unspecified atom stereocenters. The molecule has 4 atom stereocenters. The topological polar surface area (TPSA) is 0 Å². The third kappa shape index (κ3) is 0.514. The Labute approximate surface area is 66.9 Å². The lowest BCUT2D eigenvalue weighted by Crippen LogP contribution is -2.47. The van der Waals surface area contributed by atoms with Crippen molar-refractivity contribution in [1.82, 2.24) is 0 Å². The lowest BCUT2D eigenvalue weighted by molar-refractivity contribution is 0.113. The summed E-state index contributed by atoms with van der Waals surface area (Å²) in [6.45, 7) is 0. The lowest BCUT2D eigenvalue weighted by atomic mass is 9.63. The van der Waals surface area contributed by atoms with Gasteiger partial charge in [-0.25, -0.2) is 0 Å². The van der Waals surface area contributed by atoms with E-state index in [1.807, 2.05) is 0 Å². The molecule has 3 saturated carbocycles. The molecule has 3 fully saturated rings. The van der Waals surface area contributed by atoms with Crippen molar-refractivity contribution in [3.63, 3.8) is 0 Å². The zero-order valence-electron chi connectivity index (χ0n) is 6.15. The molecule has 0 saturated heterocycles. The Morgan fingerprint density at radius 1 is 1.30 bits per heavy atom. The van der Waals surface area contributed by atoms with E-state index in [9.17, 15) is 0 Å². The zero-order chi connectivity index (χ0) is 6.77. The Balaban J connectivity index is 1.97. The number of halogens is 1. The van der Waals surface area contributed by atoms with Crippen LogP contribution in [-0.2, 0) is 0 Å². The largest absolute Gasteiger partial charge is 0.119 e. The van der Waals surface area contributed by atoms with Crippen molar-refractivity contribution < 1.29 is 0 Å². The third-order valence-corrected chi connectivity index (χ3v) is 4.65. The molecular weight excluding hydrogens is 144 g/mol. The zero-order valence-corrected chi connectivity index (χ0v) is 6.90. The van der Waals surface area contributed by atoms with E-state index in [4.69, 9.17) is 11.6 Å². The minimum Gasteiger partial charge on any atom is -0.119 e. The lowest BCUT2D eigenvalue weighted by Gasteiger charge is -2.49. The van der Waals surface area contributed by atoms with Crippen LogP contribution in [0, 0.1) is 17.8 Å². The fraction of sp³-hybridized carbons (Fsp3) is 1.00. The molecule has 3 aliphatic carbocycles. The first-order valence-corrected chi connectivity index (χ1v) is 4.85. The molecule has 1 heteroatoms. The van der Waals surface area contributed by atoms with Gasteiger partial charge in [0.25, 0.3) is 0 Å². The average Bonchev–Trinajstić information content (AvgIpc) is 2.05. The van der Waals surface area contributed by atoms with Gasteiger partial charge in [-0.2, -0.15) is 0 Å². The van der Waals surface area contributed by atoms with E-state index in [0.29, 0.717) is 4.87 Å². The van der Waals surface area contributed by atoms with Gasteiger partial charge in [0.1, 0.15) is 0 Å². The highest BCUT2D eigenvalue weighted by Crippen LogP contribution is 2.65. The van der Waals surface area contributed by atoms with Gasteiger partial charge in [-0.3, -0.25) is 0 Å². The van der Waals surface area contributed by atoms with Crippen LogP contribution in [0.25, 0.3) is 0 Å². The molecule has 0 spiro atoms. The molecule has 0 aromatic heterocycles. The van der Waals surface area contributed by atoms with Crippen molar-refractivity contribution in [3.05, 3.63) is 0 Å². The van der Waals surface area contributed by atoms with Crippen LogP contribution in [0.5, 0.6) is 0 Å². The van der Waals surface area contributed by atoms with Crippen LogP contribution < -0.4 is 0 Å². The first-order valence-electron chi connectivity index (χ1n) is 4.47. The normalized spacial score (nSPS) is 63.9. The maximum absolute atomic E-state index is 6.43. The number of rotatable bonds is 0. The van der Waals surface area contributed by atoms with Crippen LogP contribution in [0.4, 0.5) is 0 Å². The molecule has 2 bridgehead atoms. The van der Waals surface area contributed by atoms with Crippen molar-refractivity contribution in [2.24, 2.45) is 17.8 Å². The van der Waals surface area contributed by atoms with E-state index in [2.05, 4.69) is 0 Å². The smallest absolute Gasteiger partial charge is 0.0480 e. The maximum Gasteiger partial charge on any atom is 0.0480 e. The second-order valence-electron chi connectivity index (χ2n) is 4.48. The van der Waals surface area contributed by atoms with Gasteiger partial charge in [-0.15, -0.1) is 11.6 Å². The van der Waals surface area contributed by atoms with Crippen LogP contribution >= 0.6 is 11.6 Å². The summed E-state index contributed by atoms with van der Waals surface area (Å²) in [7, 11) is 0. The molecule has 3 aliphatic rings. The fourth-order valence-electron chi connectivity index (χ4n) is 3.49. The summed E-state index contributed by atoms with van der Waals surface area (Å²) in [5.41, 5.74) is 0. The minimum absolute atomic E-state index is 0.303. The van der Waals surface area contributed by atoms with Gasteiger partial charge in [0, 0.05) is 4.87 Å². The van der Waals surface area contributed by atoms with Gasteiger partial charge in [0.2, 0.25) is 0 Å². The molecule has 0 N–H and O–H groups in total. The van der Waals surface area contributed by atoms with Gasteiger partial charge in [0.15, 0.2) is 0 Å². The molecule has 0 aliphatic heterocycles.